The monoisotopic (exact) mass is 275 g/mol. The molecule has 1 aromatic carbocycles. The van der Waals surface area contributed by atoms with Crippen LogP contribution < -0.4 is 0 Å². The number of nitrogens with zero attached hydrogens (tertiary/aromatic N) is 1. The van der Waals surface area contributed by atoms with Gasteiger partial charge in [-0.25, -0.2) is 0 Å². The Morgan fingerprint density at radius 2 is 2.17 bits per heavy atom. The third kappa shape index (κ3) is 3.67. The first-order valence-electron chi connectivity index (χ1n) is 4.69. The van der Waals surface area contributed by atoms with Gasteiger partial charge in [-0.05, 0) is 18.2 Å². The maximum atomic E-state index is 12.6. The van der Waals surface area contributed by atoms with Gasteiger partial charge in [0.15, 0.2) is 0 Å². The Bertz CT molecular complexity index is 494. The molecular formula is C11H8F3NO2S. The van der Waals surface area contributed by atoms with E-state index < -0.39 is 23.3 Å². The average molecular weight is 275 g/mol. The zero-order valence-corrected chi connectivity index (χ0v) is 10.1. The quantitative estimate of drug-likeness (QED) is 0.628. The number of nitriles is 1. The van der Waals surface area contributed by atoms with Gasteiger partial charge >= 0.3 is 12.1 Å². The molecule has 0 fully saturated rings. The van der Waals surface area contributed by atoms with E-state index in [2.05, 4.69) is 4.74 Å². The summed E-state index contributed by atoms with van der Waals surface area (Å²) < 4.78 is 42.3. The standard InChI is InChI=1S/C11H8F3NO2S/c1-17-10(16)6-18-8-3-2-7(5-15)9(4-8)11(12,13)14/h2-4H,6H2,1H3. The number of thioether (sulfide) groups is 1. The van der Waals surface area contributed by atoms with E-state index >= 15 is 0 Å². The second-order valence-electron chi connectivity index (χ2n) is 3.18. The Morgan fingerprint density at radius 1 is 1.50 bits per heavy atom. The summed E-state index contributed by atoms with van der Waals surface area (Å²) >= 11 is 0.919. The predicted octanol–water partition coefficient (Wildman–Crippen LogP) is 2.84. The van der Waals surface area contributed by atoms with Crippen molar-refractivity contribution in [2.45, 2.75) is 11.1 Å². The molecule has 0 aliphatic heterocycles. The number of halogens is 3. The van der Waals surface area contributed by atoms with Crippen LogP contribution in [0.4, 0.5) is 13.2 Å². The summed E-state index contributed by atoms with van der Waals surface area (Å²) in [5.41, 5.74) is -1.44. The van der Waals surface area contributed by atoms with E-state index in [0.717, 1.165) is 23.9 Å². The molecule has 1 aromatic rings. The molecule has 0 amide bonds. The minimum atomic E-state index is -4.59. The summed E-state index contributed by atoms with van der Waals surface area (Å²) in [5.74, 6) is -0.613. The summed E-state index contributed by atoms with van der Waals surface area (Å²) in [6, 6.07) is 4.79. The normalized spacial score (nSPS) is 10.8. The molecule has 0 radical (unpaired) electrons. The lowest BCUT2D eigenvalue weighted by atomic mass is 10.1. The zero-order valence-electron chi connectivity index (χ0n) is 9.25. The Labute approximate surface area is 106 Å². The molecule has 3 nitrogen and oxygen atoms in total. The zero-order chi connectivity index (χ0) is 13.8. The highest BCUT2D eigenvalue weighted by molar-refractivity contribution is 8.00. The third-order valence-electron chi connectivity index (χ3n) is 2.00. The van der Waals surface area contributed by atoms with Gasteiger partial charge in [0.05, 0.1) is 30.1 Å². The van der Waals surface area contributed by atoms with E-state index in [-0.39, 0.29) is 10.6 Å². The molecule has 0 aliphatic rings. The van der Waals surface area contributed by atoms with E-state index in [9.17, 15) is 18.0 Å². The third-order valence-corrected chi connectivity index (χ3v) is 2.97. The topological polar surface area (TPSA) is 50.1 Å². The van der Waals surface area contributed by atoms with Crippen LogP contribution in [0.25, 0.3) is 0 Å². The van der Waals surface area contributed by atoms with Gasteiger partial charge in [-0.15, -0.1) is 11.8 Å². The van der Waals surface area contributed by atoms with E-state index in [1.54, 1.807) is 0 Å². The number of hydrogen-bond acceptors (Lipinski definition) is 4. The maximum absolute atomic E-state index is 12.6. The average Bonchev–Trinajstić information content (AvgIpc) is 2.34. The van der Waals surface area contributed by atoms with E-state index in [1.807, 2.05) is 0 Å². The first kappa shape index (κ1) is 14.4. The number of ether oxygens (including phenoxy) is 1. The number of carbonyl (C=O) groups is 1. The maximum Gasteiger partial charge on any atom is 0.417 e. The molecule has 0 spiro atoms. The minimum Gasteiger partial charge on any atom is -0.468 e. The van der Waals surface area contributed by atoms with Crippen molar-refractivity contribution >= 4 is 17.7 Å². The molecular weight excluding hydrogens is 267 g/mol. The number of hydrogen-bond donors (Lipinski definition) is 0. The van der Waals surface area contributed by atoms with E-state index in [1.165, 1.54) is 19.2 Å². The summed E-state index contributed by atoms with van der Waals surface area (Å²) in [7, 11) is 1.20. The fourth-order valence-electron chi connectivity index (χ4n) is 1.15. The van der Waals surface area contributed by atoms with Crippen LogP contribution in [0.15, 0.2) is 23.1 Å². The number of methoxy groups -OCH3 is 1. The number of benzene rings is 1. The summed E-state index contributed by atoms with van der Waals surface area (Å²) in [4.78, 5) is 11.1. The number of rotatable bonds is 3. The highest BCUT2D eigenvalue weighted by atomic mass is 32.2. The van der Waals surface area contributed by atoms with Crippen molar-refractivity contribution in [3.8, 4) is 6.07 Å². The molecule has 0 aromatic heterocycles. The van der Waals surface area contributed by atoms with Crippen LogP contribution in [0.5, 0.6) is 0 Å². The summed E-state index contributed by atoms with van der Waals surface area (Å²) in [5, 5.41) is 8.60. The lowest BCUT2D eigenvalue weighted by Crippen LogP contribution is -2.08. The van der Waals surface area contributed by atoms with Crippen molar-refractivity contribution in [3.63, 3.8) is 0 Å². The number of alkyl halides is 3. The fraction of sp³-hybridized carbons (Fsp3) is 0.273. The molecule has 0 N–H and O–H groups in total. The largest absolute Gasteiger partial charge is 0.468 e. The lowest BCUT2D eigenvalue weighted by molar-refractivity contribution is -0.138. The molecule has 18 heavy (non-hydrogen) atoms. The Kier molecular flexibility index (Phi) is 4.62. The van der Waals surface area contributed by atoms with E-state index in [4.69, 9.17) is 5.26 Å². The molecule has 1 rings (SSSR count). The minimum absolute atomic E-state index is 0.0836. The van der Waals surface area contributed by atoms with Crippen LogP contribution >= 0.6 is 11.8 Å². The van der Waals surface area contributed by atoms with Crippen LogP contribution in [0.2, 0.25) is 0 Å². The van der Waals surface area contributed by atoms with Gasteiger partial charge in [-0.2, -0.15) is 18.4 Å². The molecule has 0 unspecified atom stereocenters. The molecule has 0 bridgehead atoms. The predicted molar refractivity (Wildman–Crippen MR) is 58.9 cm³/mol. The lowest BCUT2D eigenvalue weighted by Gasteiger charge is -2.10. The first-order chi connectivity index (χ1) is 8.38. The van der Waals surface area contributed by atoms with Crippen LogP contribution in [0.1, 0.15) is 11.1 Å². The van der Waals surface area contributed by atoms with E-state index in [0.29, 0.717) is 0 Å². The van der Waals surface area contributed by atoms with Crippen LogP contribution in [0.3, 0.4) is 0 Å². The number of esters is 1. The van der Waals surface area contributed by atoms with Crippen molar-refractivity contribution in [2.75, 3.05) is 12.9 Å². The summed E-state index contributed by atoms with van der Waals surface area (Å²) in [6.45, 7) is 0. The summed E-state index contributed by atoms with van der Waals surface area (Å²) in [6.07, 6.45) is -4.59. The second kappa shape index (κ2) is 5.78. The number of carbonyl (C=O) groups excluding carboxylic acids is 1. The van der Waals surface area contributed by atoms with Gasteiger partial charge in [-0.3, -0.25) is 4.79 Å². The first-order valence-corrected chi connectivity index (χ1v) is 5.68. The molecule has 96 valence electrons. The molecule has 0 saturated carbocycles. The van der Waals surface area contributed by atoms with Gasteiger partial charge in [-0.1, -0.05) is 0 Å². The molecule has 0 atom stereocenters. The van der Waals surface area contributed by atoms with Gasteiger partial charge < -0.3 is 4.74 Å². The molecule has 7 heteroatoms. The Morgan fingerprint density at radius 3 is 2.67 bits per heavy atom. The second-order valence-corrected chi connectivity index (χ2v) is 4.23. The van der Waals surface area contributed by atoms with Gasteiger partial charge in [0.25, 0.3) is 0 Å². The van der Waals surface area contributed by atoms with Gasteiger partial charge in [0.1, 0.15) is 0 Å². The van der Waals surface area contributed by atoms with Gasteiger partial charge in [0.2, 0.25) is 0 Å². The highest BCUT2D eigenvalue weighted by Gasteiger charge is 2.33. The molecule has 0 heterocycles. The smallest absolute Gasteiger partial charge is 0.417 e. The highest BCUT2D eigenvalue weighted by Crippen LogP contribution is 2.34. The SMILES string of the molecule is COC(=O)CSc1ccc(C#N)c(C(F)(F)F)c1. The Hall–Kier alpha value is -1.68. The van der Waals surface area contributed by atoms with Crippen LogP contribution in [-0.4, -0.2) is 18.8 Å². The van der Waals surface area contributed by atoms with Gasteiger partial charge in [0, 0.05) is 4.90 Å². The van der Waals surface area contributed by atoms with Crippen molar-refractivity contribution in [2.24, 2.45) is 0 Å². The fourth-order valence-corrected chi connectivity index (χ4v) is 1.91. The Balaban J connectivity index is 2.98. The van der Waals surface area contributed by atoms with Crippen molar-refractivity contribution in [3.05, 3.63) is 29.3 Å². The van der Waals surface area contributed by atoms with Crippen molar-refractivity contribution in [1.29, 1.82) is 5.26 Å². The van der Waals surface area contributed by atoms with Crippen molar-refractivity contribution < 1.29 is 22.7 Å². The molecule has 0 saturated heterocycles. The van der Waals surface area contributed by atoms with Crippen LogP contribution in [0, 0.1) is 11.3 Å². The van der Waals surface area contributed by atoms with Crippen LogP contribution in [-0.2, 0) is 15.7 Å². The molecule has 0 aliphatic carbocycles. The van der Waals surface area contributed by atoms with Crippen molar-refractivity contribution in [1.82, 2.24) is 0 Å².